The number of amides is 1. The predicted octanol–water partition coefficient (Wildman–Crippen LogP) is 2.23. The standard InChI is InChI=1S/C18H15F3N2O3S/c19-11-4-5-15(21)17(8-11)27(25,26)22-9-16-13-2-1-3-14(20)12(13)6-7-23(16)18(24)10-22/h1-5,8,16H,6-7,9-10H2. The van der Waals surface area contributed by atoms with Crippen molar-refractivity contribution in [2.24, 2.45) is 0 Å². The molecule has 1 fully saturated rings. The molecule has 1 unspecified atom stereocenters. The second-order valence-corrected chi connectivity index (χ2v) is 8.44. The Balaban J connectivity index is 1.75. The normalized spacial score (nSPS) is 20.3. The van der Waals surface area contributed by atoms with E-state index in [1.165, 1.54) is 17.0 Å². The molecule has 2 aliphatic rings. The third-order valence-corrected chi connectivity index (χ3v) is 6.84. The Morgan fingerprint density at radius 3 is 2.59 bits per heavy atom. The SMILES string of the molecule is O=C1CN(S(=O)(=O)c2cc(F)ccc2F)CC2c3cccc(F)c3CCN12. The van der Waals surface area contributed by atoms with E-state index in [2.05, 4.69) is 0 Å². The lowest BCUT2D eigenvalue weighted by Gasteiger charge is -2.44. The van der Waals surface area contributed by atoms with E-state index in [9.17, 15) is 26.4 Å². The average Bonchev–Trinajstić information content (AvgIpc) is 2.63. The summed E-state index contributed by atoms with van der Waals surface area (Å²) in [6, 6.07) is 5.94. The fraction of sp³-hybridized carbons (Fsp3) is 0.278. The van der Waals surface area contributed by atoms with Gasteiger partial charge in [0.15, 0.2) is 0 Å². The van der Waals surface area contributed by atoms with Crippen LogP contribution in [0.2, 0.25) is 0 Å². The fourth-order valence-corrected chi connectivity index (χ4v) is 5.17. The summed E-state index contributed by atoms with van der Waals surface area (Å²) in [7, 11) is -4.43. The molecule has 0 N–H and O–H groups in total. The summed E-state index contributed by atoms with van der Waals surface area (Å²) in [6.45, 7) is -0.348. The van der Waals surface area contributed by atoms with Gasteiger partial charge in [-0.25, -0.2) is 21.6 Å². The highest BCUT2D eigenvalue weighted by Crippen LogP contribution is 2.36. The van der Waals surface area contributed by atoms with Crippen LogP contribution in [-0.2, 0) is 21.2 Å². The zero-order chi connectivity index (χ0) is 19.3. The van der Waals surface area contributed by atoms with Gasteiger partial charge in [-0.2, -0.15) is 4.31 Å². The molecule has 2 aromatic rings. The molecule has 0 bridgehead atoms. The molecule has 2 heterocycles. The van der Waals surface area contributed by atoms with Crippen LogP contribution in [0.1, 0.15) is 17.2 Å². The fourth-order valence-electron chi connectivity index (χ4n) is 3.70. The van der Waals surface area contributed by atoms with Gasteiger partial charge in [0.2, 0.25) is 15.9 Å². The van der Waals surface area contributed by atoms with Crippen molar-refractivity contribution in [2.75, 3.05) is 19.6 Å². The summed E-state index contributed by atoms with van der Waals surface area (Å²) in [4.78, 5) is 13.2. The van der Waals surface area contributed by atoms with Gasteiger partial charge >= 0.3 is 0 Å². The summed E-state index contributed by atoms with van der Waals surface area (Å²) in [5, 5.41) is 0. The first-order valence-electron chi connectivity index (χ1n) is 8.31. The van der Waals surface area contributed by atoms with Crippen molar-refractivity contribution in [1.29, 1.82) is 0 Å². The van der Waals surface area contributed by atoms with Crippen LogP contribution < -0.4 is 0 Å². The lowest BCUT2D eigenvalue weighted by atomic mass is 9.91. The zero-order valence-electron chi connectivity index (χ0n) is 14.0. The van der Waals surface area contributed by atoms with E-state index in [1.54, 1.807) is 6.07 Å². The third-order valence-electron chi connectivity index (χ3n) is 5.01. The highest BCUT2D eigenvalue weighted by atomic mass is 32.2. The van der Waals surface area contributed by atoms with Crippen LogP contribution in [0.3, 0.4) is 0 Å². The maximum atomic E-state index is 14.1. The number of carbonyl (C=O) groups is 1. The van der Waals surface area contributed by atoms with Gasteiger partial charge < -0.3 is 4.90 Å². The molecule has 2 aromatic carbocycles. The molecule has 4 rings (SSSR count). The Hall–Kier alpha value is -2.39. The minimum absolute atomic E-state index is 0.152. The van der Waals surface area contributed by atoms with Crippen LogP contribution in [0, 0.1) is 17.5 Å². The van der Waals surface area contributed by atoms with Crippen LogP contribution in [0.4, 0.5) is 13.2 Å². The predicted molar refractivity (Wildman–Crippen MR) is 89.7 cm³/mol. The number of benzene rings is 2. The highest BCUT2D eigenvalue weighted by Gasteiger charge is 2.42. The molecule has 9 heteroatoms. The lowest BCUT2D eigenvalue weighted by molar-refractivity contribution is -0.138. The summed E-state index contributed by atoms with van der Waals surface area (Å²) < 4.78 is 68.1. The van der Waals surface area contributed by atoms with Crippen molar-refractivity contribution >= 4 is 15.9 Å². The average molecular weight is 396 g/mol. The van der Waals surface area contributed by atoms with Gasteiger partial charge in [-0.1, -0.05) is 12.1 Å². The first kappa shape index (κ1) is 18.0. The Bertz CT molecular complexity index is 1040. The molecule has 0 aliphatic carbocycles. The number of carbonyl (C=O) groups excluding carboxylic acids is 1. The largest absolute Gasteiger partial charge is 0.333 e. The van der Waals surface area contributed by atoms with E-state index < -0.39 is 50.9 Å². The second-order valence-electron chi connectivity index (χ2n) is 6.53. The van der Waals surface area contributed by atoms with Crippen molar-refractivity contribution in [3.05, 3.63) is 65.0 Å². The maximum Gasteiger partial charge on any atom is 0.246 e. The first-order valence-corrected chi connectivity index (χ1v) is 9.75. The van der Waals surface area contributed by atoms with Gasteiger partial charge in [-0.05, 0) is 41.8 Å². The Labute approximate surface area is 154 Å². The summed E-state index contributed by atoms with van der Waals surface area (Å²) in [5.74, 6) is -2.86. The van der Waals surface area contributed by atoms with Crippen LogP contribution in [-0.4, -0.2) is 43.2 Å². The molecule has 142 valence electrons. The monoisotopic (exact) mass is 396 g/mol. The number of fused-ring (bicyclic) bond motifs is 3. The van der Waals surface area contributed by atoms with Gasteiger partial charge in [0.25, 0.3) is 0 Å². The molecular weight excluding hydrogens is 381 g/mol. The van der Waals surface area contributed by atoms with Crippen molar-refractivity contribution in [3.63, 3.8) is 0 Å². The molecule has 1 atom stereocenters. The lowest BCUT2D eigenvalue weighted by Crippen LogP contribution is -2.55. The minimum atomic E-state index is -4.43. The second kappa shape index (κ2) is 6.35. The van der Waals surface area contributed by atoms with Gasteiger partial charge in [-0.3, -0.25) is 4.79 Å². The Morgan fingerprint density at radius 1 is 1.04 bits per heavy atom. The van der Waals surface area contributed by atoms with E-state index in [4.69, 9.17) is 0 Å². The minimum Gasteiger partial charge on any atom is -0.333 e. The number of hydrogen-bond acceptors (Lipinski definition) is 3. The smallest absolute Gasteiger partial charge is 0.246 e. The molecule has 1 amide bonds. The molecule has 0 saturated carbocycles. The number of rotatable bonds is 2. The maximum absolute atomic E-state index is 14.1. The van der Waals surface area contributed by atoms with Gasteiger partial charge in [-0.15, -0.1) is 0 Å². The quantitative estimate of drug-likeness (QED) is 0.782. The topological polar surface area (TPSA) is 57.7 Å². The van der Waals surface area contributed by atoms with Gasteiger partial charge in [0, 0.05) is 13.1 Å². The summed E-state index contributed by atoms with van der Waals surface area (Å²) >= 11 is 0. The van der Waals surface area contributed by atoms with Gasteiger partial charge in [0.05, 0.1) is 12.6 Å². The molecule has 2 aliphatic heterocycles. The van der Waals surface area contributed by atoms with Crippen LogP contribution in [0.15, 0.2) is 41.3 Å². The first-order chi connectivity index (χ1) is 12.8. The van der Waals surface area contributed by atoms with Gasteiger partial charge in [0.1, 0.15) is 22.3 Å². The van der Waals surface area contributed by atoms with E-state index >= 15 is 0 Å². The molecule has 0 aromatic heterocycles. The number of hydrogen-bond donors (Lipinski definition) is 0. The molecule has 27 heavy (non-hydrogen) atoms. The summed E-state index contributed by atoms with van der Waals surface area (Å²) in [5.41, 5.74) is 0.983. The molecule has 1 saturated heterocycles. The van der Waals surface area contributed by atoms with Crippen molar-refractivity contribution in [2.45, 2.75) is 17.4 Å². The number of sulfonamides is 1. The molecule has 0 spiro atoms. The summed E-state index contributed by atoms with van der Waals surface area (Å²) in [6.07, 6.45) is 0.343. The van der Waals surface area contributed by atoms with Crippen molar-refractivity contribution in [3.8, 4) is 0 Å². The van der Waals surface area contributed by atoms with Crippen LogP contribution in [0.25, 0.3) is 0 Å². The van der Waals surface area contributed by atoms with E-state index in [0.717, 1.165) is 16.4 Å². The van der Waals surface area contributed by atoms with Crippen molar-refractivity contribution in [1.82, 2.24) is 9.21 Å². The van der Waals surface area contributed by atoms with E-state index in [1.807, 2.05) is 0 Å². The molecular formula is C18H15F3N2O3S. The Morgan fingerprint density at radius 2 is 1.81 bits per heavy atom. The van der Waals surface area contributed by atoms with E-state index in [-0.39, 0.29) is 13.1 Å². The van der Waals surface area contributed by atoms with Crippen LogP contribution in [0.5, 0.6) is 0 Å². The highest BCUT2D eigenvalue weighted by molar-refractivity contribution is 7.89. The third kappa shape index (κ3) is 2.90. The van der Waals surface area contributed by atoms with Crippen LogP contribution >= 0.6 is 0 Å². The van der Waals surface area contributed by atoms with Crippen molar-refractivity contribution < 1.29 is 26.4 Å². The number of nitrogens with zero attached hydrogens (tertiary/aromatic N) is 2. The molecule has 5 nitrogen and oxygen atoms in total. The number of halogens is 3. The number of piperazine rings is 1. The molecule has 0 radical (unpaired) electrons. The Kier molecular flexibility index (Phi) is 4.23. The zero-order valence-corrected chi connectivity index (χ0v) is 14.8. The van der Waals surface area contributed by atoms with E-state index in [0.29, 0.717) is 23.6 Å².